The van der Waals surface area contributed by atoms with Crippen LogP contribution in [0, 0.1) is 5.82 Å². The first-order valence-electron chi connectivity index (χ1n) is 6.93. The van der Waals surface area contributed by atoms with Crippen molar-refractivity contribution in [2.24, 2.45) is 5.73 Å². The van der Waals surface area contributed by atoms with Gasteiger partial charge in [-0.15, -0.1) is 0 Å². The summed E-state index contributed by atoms with van der Waals surface area (Å²) >= 11 is 0. The Kier molecular flexibility index (Phi) is 5.04. The Hall–Kier alpha value is -1.27. The van der Waals surface area contributed by atoms with Crippen molar-refractivity contribution in [3.63, 3.8) is 0 Å². The van der Waals surface area contributed by atoms with Crippen LogP contribution in [0.1, 0.15) is 19.0 Å². The van der Waals surface area contributed by atoms with Gasteiger partial charge in [-0.1, -0.05) is 6.92 Å². The summed E-state index contributed by atoms with van der Waals surface area (Å²) in [5.74, 6) is 0.186. The average Bonchev–Trinajstić information content (AvgIpc) is 2.46. The van der Waals surface area contributed by atoms with Crippen LogP contribution in [0.4, 0.5) is 10.2 Å². The van der Waals surface area contributed by atoms with E-state index in [4.69, 9.17) is 5.73 Å². The van der Waals surface area contributed by atoms with Crippen LogP contribution in [-0.2, 0) is 6.42 Å². The molecule has 2 rings (SSSR count). The number of hydrogen-bond donors (Lipinski definition) is 1. The predicted molar refractivity (Wildman–Crippen MR) is 73.7 cm³/mol. The molecule has 1 fully saturated rings. The summed E-state index contributed by atoms with van der Waals surface area (Å²) in [6, 6.07) is 0. The zero-order valence-corrected chi connectivity index (χ0v) is 11.5. The molecule has 0 radical (unpaired) electrons. The number of piperazine rings is 1. The van der Waals surface area contributed by atoms with Crippen molar-refractivity contribution in [1.29, 1.82) is 0 Å². The van der Waals surface area contributed by atoms with Gasteiger partial charge in [0, 0.05) is 26.2 Å². The Balaban J connectivity index is 1.98. The van der Waals surface area contributed by atoms with Crippen LogP contribution in [0.25, 0.3) is 0 Å². The van der Waals surface area contributed by atoms with Crippen molar-refractivity contribution >= 4 is 5.82 Å². The number of anilines is 1. The van der Waals surface area contributed by atoms with Gasteiger partial charge in [-0.05, 0) is 25.9 Å². The zero-order chi connectivity index (χ0) is 13.7. The lowest BCUT2D eigenvalue weighted by Crippen LogP contribution is -2.47. The van der Waals surface area contributed by atoms with Crippen molar-refractivity contribution in [2.45, 2.75) is 19.8 Å². The van der Waals surface area contributed by atoms with Gasteiger partial charge in [0.1, 0.15) is 6.33 Å². The maximum Gasteiger partial charge on any atom is 0.187 e. The fourth-order valence-electron chi connectivity index (χ4n) is 2.36. The van der Waals surface area contributed by atoms with E-state index >= 15 is 0 Å². The van der Waals surface area contributed by atoms with Gasteiger partial charge < -0.3 is 10.6 Å². The Morgan fingerprint density at radius 2 is 2.00 bits per heavy atom. The molecule has 2 N–H and O–H groups in total. The third kappa shape index (κ3) is 3.39. The van der Waals surface area contributed by atoms with E-state index in [2.05, 4.69) is 14.9 Å². The molecule has 6 heteroatoms. The summed E-state index contributed by atoms with van der Waals surface area (Å²) in [5.41, 5.74) is 6.01. The predicted octanol–water partition coefficient (Wildman–Crippen LogP) is 0.649. The molecule has 0 atom stereocenters. The molecule has 1 aromatic rings. The summed E-state index contributed by atoms with van der Waals surface area (Å²) in [7, 11) is 0. The highest BCUT2D eigenvalue weighted by atomic mass is 19.1. The average molecular weight is 267 g/mol. The van der Waals surface area contributed by atoms with E-state index in [0.717, 1.165) is 45.7 Å². The number of halogens is 1. The summed E-state index contributed by atoms with van der Waals surface area (Å²) in [5, 5.41) is 0. The molecule has 1 saturated heterocycles. The Morgan fingerprint density at radius 3 is 2.63 bits per heavy atom. The molecule has 0 bridgehead atoms. The number of aromatic nitrogens is 2. The summed E-state index contributed by atoms with van der Waals surface area (Å²) in [6.45, 7) is 7.14. The minimum atomic E-state index is -0.264. The van der Waals surface area contributed by atoms with E-state index in [1.807, 2.05) is 11.8 Å². The third-order valence-corrected chi connectivity index (χ3v) is 3.53. The van der Waals surface area contributed by atoms with E-state index in [1.54, 1.807) is 0 Å². The normalized spacial score (nSPS) is 16.9. The molecule has 0 aliphatic carbocycles. The summed E-state index contributed by atoms with van der Waals surface area (Å²) < 4.78 is 14.2. The van der Waals surface area contributed by atoms with Crippen LogP contribution in [0.15, 0.2) is 6.33 Å². The van der Waals surface area contributed by atoms with Crippen molar-refractivity contribution in [1.82, 2.24) is 14.9 Å². The van der Waals surface area contributed by atoms with Gasteiger partial charge in [0.25, 0.3) is 0 Å². The lowest BCUT2D eigenvalue weighted by molar-refractivity contribution is 0.255. The van der Waals surface area contributed by atoms with Crippen LogP contribution in [-0.4, -0.2) is 54.1 Å². The number of rotatable bonds is 5. The van der Waals surface area contributed by atoms with Crippen LogP contribution < -0.4 is 10.6 Å². The molecule has 1 aromatic heterocycles. The molecular weight excluding hydrogens is 245 g/mol. The van der Waals surface area contributed by atoms with Gasteiger partial charge >= 0.3 is 0 Å². The summed E-state index contributed by atoms with van der Waals surface area (Å²) in [6.07, 6.45) is 3.07. The fraction of sp³-hybridized carbons (Fsp3) is 0.692. The molecule has 5 nitrogen and oxygen atoms in total. The minimum absolute atomic E-state index is 0.264. The van der Waals surface area contributed by atoms with Gasteiger partial charge in [-0.3, -0.25) is 4.90 Å². The minimum Gasteiger partial charge on any atom is -0.352 e. The van der Waals surface area contributed by atoms with Gasteiger partial charge in [-0.2, -0.15) is 0 Å². The van der Waals surface area contributed by atoms with Crippen LogP contribution in [0.2, 0.25) is 0 Å². The van der Waals surface area contributed by atoms with E-state index in [1.165, 1.54) is 6.33 Å². The lowest BCUT2D eigenvalue weighted by atomic mass is 10.2. The fourth-order valence-corrected chi connectivity index (χ4v) is 2.36. The molecule has 0 aromatic carbocycles. The van der Waals surface area contributed by atoms with Crippen molar-refractivity contribution in [3.8, 4) is 0 Å². The number of aryl methyl sites for hydroxylation is 1. The maximum atomic E-state index is 14.2. The molecule has 1 aliphatic heterocycles. The molecule has 106 valence electrons. The molecule has 0 spiro atoms. The van der Waals surface area contributed by atoms with Crippen LogP contribution in [0.3, 0.4) is 0 Å². The monoisotopic (exact) mass is 267 g/mol. The van der Waals surface area contributed by atoms with Crippen molar-refractivity contribution < 1.29 is 4.39 Å². The van der Waals surface area contributed by atoms with Gasteiger partial charge in [-0.25, -0.2) is 14.4 Å². The molecule has 1 aliphatic rings. The van der Waals surface area contributed by atoms with Gasteiger partial charge in [0.15, 0.2) is 11.6 Å². The highest BCUT2D eigenvalue weighted by molar-refractivity contribution is 5.41. The van der Waals surface area contributed by atoms with Gasteiger partial charge in [0.05, 0.1) is 5.69 Å². The zero-order valence-electron chi connectivity index (χ0n) is 11.5. The topological polar surface area (TPSA) is 58.3 Å². The number of nitrogens with two attached hydrogens (primary N) is 1. The molecular formula is C13H22FN5. The molecule has 0 amide bonds. The molecule has 0 unspecified atom stereocenters. The smallest absolute Gasteiger partial charge is 0.187 e. The quantitative estimate of drug-likeness (QED) is 0.849. The largest absolute Gasteiger partial charge is 0.352 e. The number of hydrogen-bond acceptors (Lipinski definition) is 5. The van der Waals surface area contributed by atoms with Crippen molar-refractivity contribution in [2.75, 3.05) is 44.2 Å². The highest BCUT2D eigenvalue weighted by Crippen LogP contribution is 2.19. The molecule has 19 heavy (non-hydrogen) atoms. The third-order valence-electron chi connectivity index (χ3n) is 3.53. The SMILES string of the molecule is CCc1ncnc(N2CCN(CCCN)CC2)c1F. The lowest BCUT2D eigenvalue weighted by Gasteiger charge is -2.35. The Bertz CT molecular complexity index is 404. The first kappa shape index (κ1) is 14.1. The Labute approximate surface area is 113 Å². The van der Waals surface area contributed by atoms with Crippen molar-refractivity contribution in [3.05, 3.63) is 17.8 Å². The highest BCUT2D eigenvalue weighted by Gasteiger charge is 2.21. The second-order valence-corrected chi connectivity index (χ2v) is 4.78. The van der Waals surface area contributed by atoms with Crippen LogP contribution >= 0.6 is 0 Å². The second-order valence-electron chi connectivity index (χ2n) is 4.78. The molecule has 0 saturated carbocycles. The molecule has 2 heterocycles. The maximum absolute atomic E-state index is 14.2. The first-order valence-corrected chi connectivity index (χ1v) is 6.93. The second kappa shape index (κ2) is 6.77. The Morgan fingerprint density at radius 1 is 1.26 bits per heavy atom. The van der Waals surface area contributed by atoms with Crippen LogP contribution in [0.5, 0.6) is 0 Å². The van der Waals surface area contributed by atoms with E-state index in [-0.39, 0.29) is 5.82 Å². The van der Waals surface area contributed by atoms with E-state index in [0.29, 0.717) is 17.9 Å². The number of nitrogens with zero attached hydrogens (tertiary/aromatic N) is 4. The van der Waals surface area contributed by atoms with Gasteiger partial charge in [0.2, 0.25) is 0 Å². The standard InChI is InChI=1S/C13H22FN5/c1-2-11-12(14)13(17-10-16-11)19-8-6-18(7-9-19)5-3-4-15/h10H,2-9,15H2,1H3. The van der Waals surface area contributed by atoms with E-state index < -0.39 is 0 Å². The van der Waals surface area contributed by atoms with E-state index in [9.17, 15) is 4.39 Å². The summed E-state index contributed by atoms with van der Waals surface area (Å²) in [4.78, 5) is 12.4. The first-order chi connectivity index (χ1) is 9.26.